The van der Waals surface area contributed by atoms with Crippen LogP contribution < -0.4 is 34.4 Å². The van der Waals surface area contributed by atoms with E-state index < -0.39 is 135 Å². The molecule has 3 saturated heterocycles. The first kappa shape index (κ1) is 60.1. The van der Waals surface area contributed by atoms with Gasteiger partial charge in [0.05, 0.1) is 31.0 Å². The van der Waals surface area contributed by atoms with E-state index in [9.17, 15) is 40.2 Å². The molecule has 3 aliphatic heterocycles. The number of hydrogen-bond donors (Lipinski definition) is 12. The summed E-state index contributed by atoms with van der Waals surface area (Å²) in [5.74, 6) is 3.06. The number of fused-ring (bicyclic) bond motifs is 5. The van der Waals surface area contributed by atoms with Crippen LogP contribution in [-0.4, -0.2) is 185 Å². The van der Waals surface area contributed by atoms with Crippen molar-refractivity contribution in [2.24, 2.45) is 80.7 Å². The molecule has 3 heterocycles. The Morgan fingerprint density at radius 3 is 1.91 bits per heavy atom. The monoisotopic (exact) mass is 1080 g/mol. The van der Waals surface area contributed by atoms with E-state index in [2.05, 4.69) is 40.7 Å². The molecule has 5 aliphatic carbocycles. The van der Waals surface area contributed by atoms with Crippen LogP contribution in [0, 0.1) is 46.3 Å². The molecule has 8 rings (SSSR count). The van der Waals surface area contributed by atoms with Gasteiger partial charge in [0.15, 0.2) is 18.9 Å². The average Bonchev–Trinajstić information content (AvgIpc) is 3.94. The van der Waals surface area contributed by atoms with Gasteiger partial charge in [0.25, 0.3) is 0 Å². The van der Waals surface area contributed by atoms with Crippen LogP contribution in [0.1, 0.15) is 125 Å². The van der Waals surface area contributed by atoms with Gasteiger partial charge >= 0.3 is 11.9 Å². The molecule has 18 N–H and O–H groups in total. The Morgan fingerprint density at radius 2 is 1.28 bits per heavy atom. The van der Waals surface area contributed by atoms with E-state index in [1.54, 1.807) is 0 Å². The second-order valence-electron chi connectivity index (χ2n) is 24.9. The smallest absolute Gasteiger partial charge is 0.306 e. The number of rotatable bonds is 19. The van der Waals surface area contributed by atoms with Crippen molar-refractivity contribution in [1.29, 1.82) is 0 Å². The largest absolute Gasteiger partial charge is 0.463 e. The van der Waals surface area contributed by atoms with E-state index in [0.717, 1.165) is 42.9 Å². The van der Waals surface area contributed by atoms with Gasteiger partial charge < -0.3 is 103 Å². The number of esters is 2. The zero-order chi connectivity index (χ0) is 55.1. The summed E-state index contributed by atoms with van der Waals surface area (Å²) in [6.45, 7) is 11.2. The minimum absolute atomic E-state index is 0.0380. The molecule has 7 fully saturated rings. The molecule has 76 heavy (non-hydrogen) atoms. The van der Waals surface area contributed by atoms with E-state index in [1.807, 2.05) is 0 Å². The fraction of sp³-hybridized carbons (Fsp3) is 0.926. The second kappa shape index (κ2) is 25.0. The molecule has 436 valence electrons. The minimum atomic E-state index is -1.74. The lowest BCUT2D eigenvalue weighted by atomic mass is 9.47. The first-order chi connectivity index (χ1) is 36.0. The zero-order valence-corrected chi connectivity index (χ0v) is 45.3. The zero-order valence-electron chi connectivity index (χ0n) is 45.3. The molecule has 0 amide bonds. The second-order valence-corrected chi connectivity index (χ2v) is 24.9. The predicted octanol–water partition coefficient (Wildman–Crippen LogP) is -0.611. The Kier molecular flexibility index (Phi) is 19.7. The number of allylic oxidation sites excluding steroid dienone is 1. The van der Waals surface area contributed by atoms with Crippen molar-refractivity contribution in [3.8, 4) is 0 Å². The van der Waals surface area contributed by atoms with Crippen molar-refractivity contribution in [3.63, 3.8) is 0 Å². The Labute approximate surface area is 447 Å². The van der Waals surface area contributed by atoms with Crippen molar-refractivity contribution >= 4 is 11.9 Å². The van der Waals surface area contributed by atoms with Gasteiger partial charge in [-0.2, -0.15) is 0 Å². The fourth-order valence-corrected chi connectivity index (χ4v) is 15.2. The minimum Gasteiger partial charge on any atom is -0.463 e. The third-order valence-corrected chi connectivity index (χ3v) is 19.7. The van der Waals surface area contributed by atoms with Crippen LogP contribution in [0.3, 0.4) is 0 Å². The molecule has 8 aliphatic rings. The van der Waals surface area contributed by atoms with Crippen molar-refractivity contribution in [3.05, 3.63) is 11.6 Å². The van der Waals surface area contributed by atoms with E-state index >= 15 is 0 Å². The summed E-state index contributed by atoms with van der Waals surface area (Å²) in [6.07, 6.45) is -7.03. The van der Waals surface area contributed by atoms with Crippen LogP contribution >= 0.6 is 0 Å². The van der Waals surface area contributed by atoms with Crippen molar-refractivity contribution in [2.75, 3.05) is 19.7 Å². The average molecular weight is 1080 g/mol. The number of nitrogens with two attached hydrogens (primary N) is 6. The summed E-state index contributed by atoms with van der Waals surface area (Å²) < 4.78 is 47.9. The lowest BCUT2D eigenvalue weighted by Gasteiger charge is -2.58. The Balaban J connectivity index is 0.874. The van der Waals surface area contributed by atoms with Gasteiger partial charge in [-0.15, -0.1) is 0 Å². The maximum atomic E-state index is 13.4. The van der Waals surface area contributed by atoms with Crippen LogP contribution in [-0.2, 0) is 47.5 Å². The van der Waals surface area contributed by atoms with Crippen LogP contribution in [0.2, 0.25) is 0 Å². The third-order valence-electron chi connectivity index (χ3n) is 19.7. The van der Waals surface area contributed by atoms with Crippen molar-refractivity contribution < 1.29 is 78.1 Å². The van der Waals surface area contributed by atoms with Crippen molar-refractivity contribution in [1.82, 2.24) is 0 Å². The SMILES string of the molecule is CC(C)CCC[C@@H](C)C1CCC2C3CC=C4CC(OC(=O)CCC(=O)OC[C@H]5O[C@@H](O[C@@H]6[C@@H](O)[C@H](N)C[C@H](N)[C@H]6O[C@H]6O[C@H](CN)[C@@H](O)[C@H](O)[C@H]6N)[C@H](O)[C@@H]5O[C@H]5O[C@@H](CN)[C@@H](O)[C@H](O)[C@H]5N)CCC4(C)C3CCC21C. The summed E-state index contributed by atoms with van der Waals surface area (Å²) >= 11 is 0. The van der Waals surface area contributed by atoms with E-state index in [0.29, 0.717) is 23.7 Å². The number of aliphatic hydroxyl groups is 6. The molecule has 4 saturated carbocycles. The van der Waals surface area contributed by atoms with Crippen LogP contribution in [0.5, 0.6) is 0 Å². The highest BCUT2D eigenvalue weighted by molar-refractivity contribution is 5.77. The highest BCUT2D eigenvalue weighted by Gasteiger charge is 2.60. The van der Waals surface area contributed by atoms with Crippen LogP contribution in [0.4, 0.5) is 0 Å². The summed E-state index contributed by atoms with van der Waals surface area (Å²) in [5, 5.41) is 65.6. The Hall–Kier alpha value is -2.04. The molecule has 22 nitrogen and oxygen atoms in total. The van der Waals surface area contributed by atoms with E-state index in [1.165, 1.54) is 50.5 Å². The number of carbonyl (C=O) groups is 2. The van der Waals surface area contributed by atoms with Gasteiger partial charge in [-0.1, -0.05) is 65.5 Å². The number of hydrogen-bond acceptors (Lipinski definition) is 22. The molecule has 0 spiro atoms. The standard InChI is InChI=1S/C54H94N6O16/c1-24(2)7-6-8-25(3)29-11-12-30-28-10-9-26-19-27(15-17-53(26,4)31(28)16-18-54(29,30)5)70-38(62)14-13-37(61)69-23-36-48(75-51-40(60)45(67)43(65)35(22-56)72-51)46(68)52(73-36)76-49-41(63)32(57)20-33(58)47(49)74-50-39(59)44(66)42(64)34(21-55)71-50/h9,24-25,27-36,39-52,63-68H,6-8,10-23,55-60H2,1-5H3/t25-,27?,28?,29?,30?,31?,32-,33+,34-,35+,36-,39-,40-,41+,42-,43-,44-,45-,46-,47-,48-,49-,50-,51-,52+,53?,54?/m1/s1. The molecular formula is C54H94N6O16. The van der Waals surface area contributed by atoms with Gasteiger partial charge in [0, 0.05) is 31.6 Å². The molecule has 27 atom stereocenters. The summed E-state index contributed by atoms with van der Waals surface area (Å²) in [7, 11) is 0. The maximum absolute atomic E-state index is 13.4. The van der Waals surface area contributed by atoms with Gasteiger partial charge in [-0.3, -0.25) is 9.59 Å². The van der Waals surface area contributed by atoms with Gasteiger partial charge in [0.1, 0.15) is 79.9 Å². The number of ether oxygens (including phenoxy) is 8. The van der Waals surface area contributed by atoms with Gasteiger partial charge in [-0.25, -0.2) is 0 Å². The van der Waals surface area contributed by atoms with Crippen LogP contribution in [0.15, 0.2) is 11.6 Å². The molecule has 0 aromatic rings. The van der Waals surface area contributed by atoms with Gasteiger partial charge in [0.2, 0.25) is 0 Å². The Bertz CT molecular complexity index is 1980. The topological polar surface area (TPSA) is 385 Å². The van der Waals surface area contributed by atoms with Crippen molar-refractivity contribution in [2.45, 2.75) is 247 Å². The molecule has 0 aromatic heterocycles. The molecule has 0 aromatic carbocycles. The molecular weight excluding hydrogens is 989 g/mol. The quantitative estimate of drug-likeness (QED) is 0.0567. The fourth-order valence-electron chi connectivity index (χ4n) is 15.2. The first-order valence-electron chi connectivity index (χ1n) is 28.5. The first-order valence-corrected chi connectivity index (χ1v) is 28.5. The normalized spacial score (nSPS) is 47.8. The van der Waals surface area contributed by atoms with Gasteiger partial charge in [-0.05, 0) is 97.7 Å². The van der Waals surface area contributed by atoms with E-state index in [-0.39, 0.29) is 43.9 Å². The lowest BCUT2D eigenvalue weighted by Crippen LogP contribution is -2.68. The van der Waals surface area contributed by atoms with E-state index in [4.69, 9.17) is 72.3 Å². The molecule has 22 heteroatoms. The maximum Gasteiger partial charge on any atom is 0.306 e. The summed E-state index contributed by atoms with van der Waals surface area (Å²) in [4.78, 5) is 26.7. The number of aliphatic hydroxyl groups excluding tert-OH is 6. The Morgan fingerprint density at radius 1 is 0.671 bits per heavy atom. The number of carbonyl (C=O) groups excluding carboxylic acids is 2. The molecule has 0 radical (unpaired) electrons. The lowest BCUT2D eigenvalue weighted by molar-refractivity contribution is -0.307. The third kappa shape index (κ3) is 12.3. The molecule has 0 bridgehead atoms. The summed E-state index contributed by atoms with van der Waals surface area (Å²) in [6, 6.07) is -4.50. The predicted molar refractivity (Wildman–Crippen MR) is 274 cm³/mol. The molecule has 7 unspecified atom stereocenters. The van der Waals surface area contributed by atoms with Crippen LogP contribution in [0.25, 0.3) is 0 Å². The highest BCUT2D eigenvalue weighted by Crippen LogP contribution is 2.67. The summed E-state index contributed by atoms with van der Waals surface area (Å²) in [5.41, 5.74) is 38.7. The highest BCUT2D eigenvalue weighted by atomic mass is 16.8.